The lowest BCUT2D eigenvalue weighted by molar-refractivity contribution is 0.469. The molecule has 0 radical (unpaired) electrons. The first-order valence-corrected chi connectivity index (χ1v) is 8.82. The summed E-state index contributed by atoms with van der Waals surface area (Å²) in [6.45, 7) is 0. The summed E-state index contributed by atoms with van der Waals surface area (Å²) >= 11 is 4.54. The Labute approximate surface area is 156 Å². The molecular formula is C18H12I2O2. The molecule has 0 spiro atoms. The van der Waals surface area contributed by atoms with Crippen molar-refractivity contribution in [1.29, 1.82) is 0 Å². The molecule has 4 heteroatoms. The molecule has 2 nitrogen and oxygen atoms in total. The first-order valence-electron chi connectivity index (χ1n) is 6.66. The van der Waals surface area contributed by atoms with Crippen LogP contribution in [0.2, 0.25) is 0 Å². The quantitative estimate of drug-likeness (QED) is 0.372. The molecule has 22 heavy (non-hydrogen) atoms. The summed E-state index contributed by atoms with van der Waals surface area (Å²) in [5.74, 6) is 3.24. The van der Waals surface area contributed by atoms with Crippen molar-refractivity contribution in [2.45, 2.75) is 0 Å². The normalized spacial score (nSPS) is 10.3. The minimum absolute atomic E-state index is 0.789. The molecule has 0 atom stereocenters. The van der Waals surface area contributed by atoms with Gasteiger partial charge < -0.3 is 9.47 Å². The molecule has 3 rings (SSSR count). The number of hydrogen-bond donors (Lipinski definition) is 0. The monoisotopic (exact) mass is 514 g/mol. The van der Waals surface area contributed by atoms with Gasteiger partial charge in [0.1, 0.15) is 23.0 Å². The average Bonchev–Trinajstić information content (AvgIpc) is 2.49. The van der Waals surface area contributed by atoms with E-state index in [1.54, 1.807) is 0 Å². The van der Waals surface area contributed by atoms with Crippen LogP contribution in [0.1, 0.15) is 0 Å². The van der Waals surface area contributed by atoms with Gasteiger partial charge in [0.05, 0.1) is 0 Å². The highest BCUT2D eigenvalue weighted by molar-refractivity contribution is 14.1. The molecule has 0 heterocycles. The maximum Gasteiger partial charge on any atom is 0.128 e. The van der Waals surface area contributed by atoms with Gasteiger partial charge >= 0.3 is 0 Å². The second-order valence-electron chi connectivity index (χ2n) is 4.59. The Morgan fingerprint density at radius 2 is 0.909 bits per heavy atom. The fourth-order valence-corrected chi connectivity index (χ4v) is 2.94. The van der Waals surface area contributed by atoms with E-state index in [1.807, 2.05) is 72.8 Å². The van der Waals surface area contributed by atoms with Crippen molar-refractivity contribution in [1.82, 2.24) is 0 Å². The first kappa shape index (κ1) is 15.6. The van der Waals surface area contributed by atoms with Crippen molar-refractivity contribution in [3.63, 3.8) is 0 Å². The van der Waals surface area contributed by atoms with E-state index in [9.17, 15) is 0 Å². The molecule has 0 aliphatic carbocycles. The predicted octanol–water partition coefficient (Wildman–Crippen LogP) is 6.48. The van der Waals surface area contributed by atoms with Gasteiger partial charge in [0, 0.05) is 7.14 Å². The molecular weight excluding hydrogens is 502 g/mol. The van der Waals surface area contributed by atoms with Gasteiger partial charge in [-0.15, -0.1) is 0 Å². The lowest BCUT2D eigenvalue weighted by atomic mass is 10.3. The standard InChI is InChI=1S/C18H12I2O2/c19-13-3-1-5-17(11-13)21-15-7-9-16(10-8-15)22-18-6-2-4-14(20)12-18/h1-12H. The minimum Gasteiger partial charge on any atom is -0.457 e. The van der Waals surface area contributed by atoms with Crippen LogP contribution in [0.5, 0.6) is 23.0 Å². The van der Waals surface area contributed by atoms with Crippen LogP contribution in [0.15, 0.2) is 72.8 Å². The van der Waals surface area contributed by atoms with Crippen molar-refractivity contribution in [3.8, 4) is 23.0 Å². The summed E-state index contributed by atoms with van der Waals surface area (Å²) in [6, 6.07) is 23.5. The minimum atomic E-state index is 0.789. The molecule has 0 amide bonds. The summed E-state index contributed by atoms with van der Waals surface area (Å²) in [4.78, 5) is 0. The number of benzene rings is 3. The van der Waals surface area contributed by atoms with Crippen LogP contribution < -0.4 is 9.47 Å². The van der Waals surface area contributed by atoms with E-state index in [1.165, 1.54) is 0 Å². The van der Waals surface area contributed by atoms with Gasteiger partial charge in [-0.2, -0.15) is 0 Å². The maximum absolute atomic E-state index is 5.82. The van der Waals surface area contributed by atoms with E-state index in [2.05, 4.69) is 45.2 Å². The number of ether oxygens (including phenoxy) is 2. The van der Waals surface area contributed by atoms with Gasteiger partial charge in [-0.3, -0.25) is 0 Å². The zero-order valence-electron chi connectivity index (χ0n) is 11.5. The molecule has 0 bridgehead atoms. The molecule has 3 aromatic rings. The van der Waals surface area contributed by atoms with Crippen LogP contribution in [0.4, 0.5) is 0 Å². The van der Waals surface area contributed by atoms with Gasteiger partial charge in [0.15, 0.2) is 0 Å². The Morgan fingerprint density at radius 3 is 1.27 bits per heavy atom. The Balaban J connectivity index is 1.70. The average molecular weight is 514 g/mol. The van der Waals surface area contributed by atoms with E-state index in [-0.39, 0.29) is 0 Å². The van der Waals surface area contributed by atoms with E-state index in [0.717, 1.165) is 30.1 Å². The van der Waals surface area contributed by atoms with Crippen molar-refractivity contribution < 1.29 is 9.47 Å². The van der Waals surface area contributed by atoms with Crippen LogP contribution in [-0.2, 0) is 0 Å². The van der Waals surface area contributed by atoms with E-state index >= 15 is 0 Å². The lowest BCUT2D eigenvalue weighted by Gasteiger charge is -2.08. The number of rotatable bonds is 4. The molecule has 0 N–H and O–H groups in total. The highest BCUT2D eigenvalue weighted by atomic mass is 127. The second-order valence-corrected chi connectivity index (χ2v) is 7.08. The SMILES string of the molecule is Ic1cccc(Oc2ccc(Oc3cccc(I)c3)cc2)c1. The molecule has 0 saturated carbocycles. The number of hydrogen-bond acceptors (Lipinski definition) is 2. The van der Waals surface area contributed by atoms with Gasteiger partial charge in [0.25, 0.3) is 0 Å². The van der Waals surface area contributed by atoms with Crippen molar-refractivity contribution in [3.05, 3.63) is 79.9 Å². The van der Waals surface area contributed by atoms with Crippen LogP contribution in [0.3, 0.4) is 0 Å². The highest BCUT2D eigenvalue weighted by Crippen LogP contribution is 2.27. The fourth-order valence-electron chi connectivity index (χ4n) is 1.91. The Kier molecular flexibility index (Phi) is 5.20. The molecule has 0 aliphatic rings. The van der Waals surface area contributed by atoms with Gasteiger partial charge in [0.2, 0.25) is 0 Å². The summed E-state index contributed by atoms with van der Waals surface area (Å²) in [5, 5.41) is 0. The highest BCUT2D eigenvalue weighted by Gasteiger charge is 2.01. The molecule has 0 fully saturated rings. The fraction of sp³-hybridized carbons (Fsp3) is 0. The topological polar surface area (TPSA) is 18.5 Å². The molecule has 0 unspecified atom stereocenters. The lowest BCUT2D eigenvalue weighted by Crippen LogP contribution is -1.87. The summed E-state index contributed by atoms with van der Waals surface area (Å²) in [7, 11) is 0. The Morgan fingerprint density at radius 1 is 0.500 bits per heavy atom. The smallest absolute Gasteiger partial charge is 0.128 e. The maximum atomic E-state index is 5.82. The largest absolute Gasteiger partial charge is 0.457 e. The van der Waals surface area contributed by atoms with E-state index in [4.69, 9.17) is 9.47 Å². The molecule has 0 aliphatic heterocycles. The number of halogens is 2. The third-order valence-corrected chi connectivity index (χ3v) is 4.23. The third kappa shape index (κ3) is 4.36. The molecule has 0 aromatic heterocycles. The molecule has 110 valence electrons. The summed E-state index contributed by atoms with van der Waals surface area (Å²) in [6.07, 6.45) is 0. The van der Waals surface area contributed by atoms with Crippen LogP contribution in [-0.4, -0.2) is 0 Å². The van der Waals surface area contributed by atoms with E-state index < -0.39 is 0 Å². The van der Waals surface area contributed by atoms with Crippen molar-refractivity contribution >= 4 is 45.2 Å². The van der Waals surface area contributed by atoms with Crippen molar-refractivity contribution in [2.24, 2.45) is 0 Å². The van der Waals surface area contributed by atoms with Crippen molar-refractivity contribution in [2.75, 3.05) is 0 Å². The van der Waals surface area contributed by atoms with Crippen LogP contribution >= 0.6 is 45.2 Å². The molecule has 3 aromatic carbocycles. The first-order chi connectivity index (χ1) is 10.7. The van der Waals surface area contributed by atoms with Crippen LogP contribution in [0.25, 0.3) is 0 Å². The summed E-state index contributed by atoms with van der Waals surface area (Å²) < 4.78 is 13.9. The second kappa shape index (κ2) is 7.32. The Hall–Kier alpha value is -1.28. The van der Waals surface area contributed by atoms with Gasteiger partial charge in [-0.05, 0) is 106 Å². The zero-order valence-corrected chi connectivity index (χ0v) is 15.8. The van der Waals surface area contributed by atoms with E-state index in [0.29, 0.717) is 0 Å². The Bertz CT molecular complexity index is 704. The van der Waals surface area contributed by atoms with Gasteiger partial charge in [-0.1, -0.05) is 12.1 Å². The zero-order chi connectivity index (χ0) is 15.4. The third-order valence-electron chi connectivity index (χ3n) is 2.89. The summed E-state index contributed by atoms with van der Waals surface area (Å²) in [5.41, 5.74) is 0. The van der Waals surface area contributed by atoms with Crippen LogP contribution in [0, 0.1) is 7.14 Å². The predicted molar refractivity (Wildman–Crippen MR) is 105 cm³/mol. The molecule has 0 saturated heterocycles. The van der Waals surface area contributed by atoms with Gasteiger partial charge in [-0.25, -0.2) is 0 Å².